The second-order valence-corrected chi connectivity index (χ2v) is 9.78. The molecule has 4 aliphatic rings. The Morgan fingerprint density at radius 1 is 0.941 bits per heavy atom. The summed E-state index contributed by atoms with van der Waals surface area (Å²) in [6.45, 7) is 3.61. The van der Waals surface area contributed by atoms with Gasteiger partial charge in [-0.2, -0.15) is 0 Å². The fraction of sp³-hybridized carbons (Fsp3) is 0.385. The zero-order valence-electron chi connectivity index (χ0n) is 18.8. The third kappa shape index (κ3) is 3.24. The van der Waals surface area contributed by atoms with Crippen LogP contribution in [0.4, 0.5) is 5.69 Å². The second-order valence-electron chi connectivity index (χ2n) is 9.78. The number of likely N-dealkylation sites (tertiary alicyclic amines) is 1. The Morgan fingerprint density at radius 2 is 1.71 bits per heavy atom. The topological polar surface area (TPSA) is 98.8 Å². The number of para-hydroxylation sites is 1. The molecule has 34 heavy (non-hydrogen) atoms. The molecule has 0 aliphatic carbocycles. The van der Waals surface area contributed by atoms with Crippen LogP contribution in [0, 0.1) is 0 Å². The Morgan fingerprint density at radius 3 is 2.50 bits per heavy atom. The molecule has 0 bridgehead atoms. The van der Waals surface area contributed by atoms with Crippen molar-refractivity contribution in [1.29, 1.82) is 0 Å². The van der Waals surface area contributed by atoms with Crippen LogP contribution in [0.5, 0.6) is 0 Å². The Balaban J connectivity index is 1.15. The fourth-order valence-electron chi connectivity index (χ4n) is 5.92. The number of carbonyl (C=O) groups excluding carboxylic acids is 4. The number of imide groups is 2. The number of carbonyl (C=O) groups is 4. The lowest BCUT2D eigenvalue weighted by atomic mass is 9.74. The van der Waals surface area contributed by atoms with Gasteiger partial charge in [-0.3, -0.25) is 34.3 Å². The molecular weight excluding hydrogens is 432 g/mol. The summed E-state index contributed by atoms with van der Waals surface area (Å²) in [4.78, 5) is 53.1. The molecule has 0 aromatic heterocycles. The minimum absolute atomic E-state index is 0.117. The van der Waals surface area contributed by atoms with Gasteiger partial charge in [-0.25, -0.2) is 0 Å². The number of anilines is 1. The molecule has 2 N–H and O–H groups in total. The van der Waals surface area contributed by atoms with Crippen LogP contribution in [-0.4, -0.2) is 59.1 Å². The van der Waals surface area contributed by atoms with Crippen LogP contribution < -0.4 is 10.6 Å². The van der Waals surface area contributed by atoms with E-state index in [0.717, 1.165) is 42.9 Å². The van der Waals surface area contributed by atoms with E-state index in [1.807, 2.05) is 6.07 Å². The Labute approximate surface area is 197 Å². The molecular formula is C26H26N4O4. The van der Waals surface area contributed by atoms with Crippen LogP contribution in [0.25, 0.3) is 0 Å². The van der Waals surface area contributed by atoms with Crippen LogP contribution in [0.2, 0.25) is 0 Å². The largest absolute Gasteiger partial charge is 0.384 e. The highest BCUT2D eigenvalue weighted by Crippen LogP contribution is 2.44. The molecule has 2 fully saturated rings. The smallest absolute Gasteiger partial charge is 0.262 e. The summed E-state index contributed by atoms with van der Waals surface area (Å²) in [5, 5.41) is 5.79. The van der Waals surface area contributed by atoms with E-state index in [9.17, 15) is 19.2 Å². The van der Waals surface area contributed by atoms with Gasteiger partial charge in [0.1, 0.15) is 6.04 Å². The summed E-state index contributed by atoms with van der Waals surface area (Å²) >= 11 is 0. The van der Waals surface area contributed by atoms with Gasteiger partial charge in [0.25, 0.3) is 11.8 Å². The summed E-state index contributed by atoms with van der Waals surface area (Å²) in [5.74, 6) is -1.88. The SMILES string of the molecule is O=C1CCC(N2C(=O)c3ccc(CN4CCC5(CC4)CNc4ccccc45)cc3C2=O)C(=O)N1. The molecule has 2 saturated heterocycles. The van der Waals surface area contributed by atoms with Crippen LogP contribution in [0.15, 0.2) is 42.5 Å². The number of nitrogens with zero attached hydrogens (tertiary/aromatic N) is 2. The van der Waals surface area contributed by atoms with Crippen molar-refractivity contribution in [3.05, 3.63) is 64.7 Å². The third-order valence-corrected chi connectivity index (χ3v) is 7.84. The van der Waals surface area contributed by atoms with Crippen molar-refractivity contribution in [3.63, 3.8) is 0 Å². The molecule has 1 atom stereocenters. The van der Waals surface area contributed by atoms with Crippen LogP contribution in [0.1, 0.15) is 57.5 Å². The highest BCUT2D eigenvalue weighted by molar-refractivity contribution is 6.23. The van der Waals surface area contributed by atoms with E-state index < -0.39 is 23.8 Å². The first-order chi connectivity index (χ1) is 16.4. The minimum Gasteiger partial charge on any atom is -0.384 e. The van der Waals surface area contributed by atoms with Gasteiger partial charge < -0.3 is 5.32 Å². The van der Waals surface area contributed by atoms with Crippen LogP contribution >= 0.6 is 0 Å². The van der Waals surface area contributed by atoms with Crippen molar-refractivity contribution in [1.82, 2.24) is 15.1 Å². The number of fused-ring (bicyclic) bond motifs is 3. The van der Waals surface area contributed by atoms with Crippen molar-refractivity contribution in [3.8, 4) is 0 Å². The first kappa shape index (κ1) is 21.0. The van der Waals surface area contributed by atoms with E-state index in [0.29, 0.717) is 17.7 Å². The standard InChI is InChI=1S/C26H26N4O4/c31-22-8-7-21(23(32)28-22)30-24(33)17-6-5-16(13-18(17)25(30)34)14-29-11-9-26(10-12-29)15-27-20-4-2-1-3-19(20)26/h1-6,13,21,27H,7-12,14-15H2,(H,28,31,32). The van der Waals surface area contributed by atoms with Crippen LogP contribution in [-0.2, 0) is 21.5 Å². The lowest BCUT2D eigenvalue weighted by Crippen LogP contribution is -2.54. The van der Waals surface area contributed by atoms with E-state index in [1.165, 1.54) is 11.3 Å². The van der Waals surface area contributed by atoms with Gasteiger partial charge in [0.05, 0.1) is 11.1 Å². The lowest BCUT2D eigenvalue weighted by molar-refractivity contribution is -0.136. The molecule has 4 heterocycles. The zero-order valence-corrected chi connectivity index (χ0v) is 18.8. The van der Waals surface area contributed by atoms with E-state index in [-0.39, 0.29) is 24.2 Å². The molecule has 1 unspecified atom stereocenters. The molecule has 0 saturated carbocycles. The molecule has 174 valence electrons. The van der Waals surface area contributed by atoms with Gasteiger partial charge in [-0.1, -0.05) is 24.3 Å². The summed E-state index contributed by atoms with van der Waals surface area (Å²) in [5.41, 5.74) is 4.50. The number of rotatable bonds is 3. The molecule has 4 amide bonds. The van der Waals surface area contributed by atoms with Gasteiger partial charge >= 0.3 is 0 Å². The number of hydrogen-bond donors (Lipinski definition) is 2. The molecule has 8 nitrogen and oxygen atoms in total. The number of nitrogens with one attached hydrogen (secondary N) is 2. The fourth-order valence-corrected chi connectivity index (χ4v) is 5.92. The zero-order chi connectivity index (χ0) is 23.4. The number of hydrogen-bond acceptors (Lipinski definition) is 6. The molecule has 0 radical (unpaired) electrons. The normalized spacial score (nSPS) is 23.6. The highest BCUT2D eigenvalue weighted by Gasteiger charge is 2.45. The predicted octanol–water partition coefficient (Wildman–Crippen LogP) is 2.05. The first-order valence-electron chi connectivity index (χ1n) is 11.9. The van der Waals surface area contributed by atoms with Crippen molar-refractivity contribution < 1.29 is 19.2 Å². The molecule has 8 heteroatoms. The predicted molar refractivity (Wildman–Crippen MR) is 124 cm³/mol. The van der Waals surface area contributed by atoms with Gasteiger partial charge in [0.2, 0.25) is 11.8 Å². The molecule has 6 rings (SSSR count). The number of benzene rings is 2. The lowest BCUT2D eigenvalue weighted by Gasteiger charge is -2.39. The van der Waals surface area contributed by atoms with E-state index in [1.54, 1.807) is 12.1 Å². The highest BCUT2D eigenvalue weighted by atomic mass is 16.2. The maximum absolute atomic E-state index is 13.1. The molecule has 1 spiro atoms. The third-order valence-electron chi connectivity index (χ3n) is 7.84. The quantitative estimate of drug-likeness (QED) is 0.683. The van der Waals surface area contributed by atoms with Gasteiger partial charge in [-0.05, 0) is 61.7 Å². The molecule has 2 aromatic carbocycles. The van der Waals surface area contributed by atoms with Gasteiger partial charge in [0.15, 0.2) is 0 Å². The Kier molecular flexibility index (Phi) is 4.81. The first-order valence-corrected chi connectivity index (χ1v) is 11.9. The van der Waals surface area contributed by atoms with Crippen LogP contribution in [0.3, 0.4) is 0 Å². The summed E-state index contributed by atoms with van der Waals surface area (Å²) in [6.07, 6.45) is 2.42. The Bertz CT molecular complexity index is 1230. The van der Waals surface area contributed by atoms with E-state index >= 15 is 0 Å². The average Bonchev–Trinajstić information content (AvgIpc) is 3.31. The van der Waals surface area contributed by atoms with Gasteiger partial charge in [-0.15, -0.1) is 0 Å². The van der Waals surface area contributed by atoms with Crippen molar-refractivity contribution in [2.24, 2.45) is 0 Å². The molecule has 2 aromatic rings. The molecule has 4 aliphatic heterocycles. The number of piperidine rings is 2. The minimum atomic E-state index is -0.935. The summed E-state index contributed by atoms with van der Waals surface area (Å²) < 4.78 is 0. The average molecular weight is 459 g/mol. The monoisotopic (exact) mass is 458 g/mol. The van der Waals surface area contributed by atoms with Crippen molar-refractivity contribution >= 4 is 29.3 Å². The van der Waals surface area contributed by atoms with Crippen molar-refractivity contribution in [2.75, 3.05) is 25.0 Å². The maximum atomic E-state index is 13.1. The van der Waals surface area contributed by atoms with E-state index in [4.69, 9.17) is 0 Å². The van der Waals surface area contributed by atoms with E-state index in [2.05, 4.69) is 39.8 Å². The van der Waals surface area contributed by atoms with Gasteiger partial charge in [0, 0.05) is 30.6 Å². The number of amides is 4. The summed E-state index contributed by atoms with van der Waals surface area (Å²) in [7, 11) is 0. The van der Waals surface area contributed by atoms with Crippen molar-refractivity contribution in [2.45, 2.75) is 43.7 Å². The summed E-state index contributed by atoms with van der Waals surface area (Å²) in [6, 6.07) is 13.0. The Hall–Kier alpha value is -3.52. The maximum Gasteiger partial charge on any atom is 0.262 e. The second kappa shape index (κ2) is 7.77.